The average Bonchev–Trinajstić information content (AvgIpc) is 3.04. The molecule has 0 atom stereocenters. The van der Waals surface area contributed by atoms with Crippen molar-refractivity contribution in [3.63, 3.8) is 0 Å². The van der Waals surface area contributed by atoms with Crippen LogP contribution in [0.5, 0.6) is 0 Å². The van der Waals surface area contributed by atoms with Gasteiger partial charge in [-0.1, -0.05) is 23.2 Å². The van der Waals surface area contributed by atoms with E-state index in [1.807, 2.05) is 39.2 Å². The highest BCUT2D eigenvalue weighted by Gasteiger charge is 2.18. The molecular weight excluding hydrogens is 374 g/mol. The summed E-state index contributed by atoms with van der Waals surface area (Å²) < 4.78 is 0. The molecule has 0 bridgehead atoms. The lowest BCUT2D eigenvalue weighted by atomic mass is 10.1. The van der Waals surface area contributed by atoms with Gasteiger partial charge in [-0.25, -0.2) is 4.98 Å². The zero-order chi connectivity index (χ0) is 19.8. The van der Waals surface area contributed by atoms with Crippen LogP contribution in [-0.4, -0.2) is 47.0 Å². The molecule has 0 aliphatic rings. The zero-order valence-electron chi connectivity index (χ0n) is 16.1. The number of anilines is 1. The summed E-state index contributed by atoms with van der Waals surface area (Å²) >= 11 is 6.09. The van der Waals surface area contributed by atoms with Crippen molar-refractivity contribution < 1.29 is 0 Å². The molecule has 0 saturated carbocycles. The third kappa shape index (κ3) is 3.48. The van der Waals surface area contributed by atoms with E-state index in [-0.39, 0.29) is 5.56 Å². The first-order chi connectivity index (χ1) is 13.4. The highest BCUT2D eigenvalue weighted by Crippen LogP contribution is 2.31. The lowest BCUT2D eigenvalue weighted by molar-refractivity contribution is 0.425. The monoisotopic (exact) mass is 395 g/mol. The van der Waals surface area contributed by atoms with E-state index in [4.69, 9.17) is 11.6 Å². The van der Waals surface area contributed by atoms with Crippen LogP contribution in [0.1, 0.15) is 5.56 Å². The lowest BCUT2D eigenvalue weighted by Crippen LogP contribution is -2.22. The topological polar surface area (TPSA) is 76.8 Å². The Labute approximate surface area is 167 Å². The van der Waals surface area contributed by atoms with Crippen LogP contribution in [0.4, 0.5) is 5.69 Å². The fourth-order valence-corrected chi connectivity index (χ4v) is 3.48. The third-order valence-electron chi connectivity index (χ3n) is 4.71. The van der Waals surface area contributed by atoms with Gasteiger partial charge in [-0.15, -0.1) is 0 Å². The number of aromatic nitrogens is 3. The van der Waals surface area contributed by atoms with Crippen molar-refractivity contribution in [2.45, 2.75) is 6.92 Å². The number of hydrogen-bond donors (Lipinski definition) is 3. The van der Waals surface area contributed by atoms with Gasteiger partial charge in [-0.2, -0.15) is 0 Å². The average molecular weight is 396 g/mol. The van der Waals surface area contributed by atoms with Crippen molar-refractivity contribution in [1.82, 2.24) is 19.9 Å². The molecule has 0 spiro atoms. The van der Waals surface area contributed by atoms with Gasteiger partial charge in [0.1, 0.15) is 11.4 Å². The number of rotatable bonds is 5. The van der Waals surface area contributed by atoms with Gasteiger partial charge in [0.25, 0.3) is 5.56 Å². The number of aromatic amines is 2. The van der Waals surface area contributed by atoms with E-state index in [1.165, 1.54) is 0 Å². The lowest BCUT2D eigenvalue weighted by Gasteiger charge is -2.16. The first-order valence-corrected chi connectivity index (χ1v) is 9.51. The summed E-state index contributed by atoms with van der Waals surface area (Å²) in [4.78, 5) is 26.0. The number of nitrogens with one attached hydrogen (secondary N) is 3. The molecular formula is C21H22ClN5O. The molecule has 2 heterocycles. The number of fused-ring (bicyclic) bond motifs is 2. The molecule has 28 heavy (non-hydrogen) atoms. The summed E-state index contributed by atoms with van der Waals surface area (Å²) in [7, 11) is 4.04. The van der Waals surface area contributed by atoms with Crippen molar-refractivity contribution in [3.05, 3.63) is 57.3 Å². The molecule has 2 aromatic carbocycles. The SMILES string of the molecule is Cc1ccc2[nH]c(=O)c(-c3nc4cc(Cl)ccc4[nH]3)c(NCCN(C)C)c2c1. The minimum atomic E-state index is -0.186. The normalized spacial score (nSPS) is 11.6. The summed E-state index contributed by atoms with van der Waals surface area (Å²) in [6.45, 7) is 3.59. The number of pyridine rings is 1. The first-order valence-electron chi connectivity index (χ1n) is 9.13. The maximum absolute atomic E-state index is 13.0. The number of halogens is 1. The molecule has 4 aromatic rings. The smallest absolute Gasteiger partial charge is 0.261 e. The van der Waals surface area contributed by atoms with Crippen LogP contribution >= 0.6 is 11.6 Å². The number of likely N-dealkylation sites (N-methyl/N-ethyl adjacent to an activating group) is 1. The molecule has 6 nitrogen and oxygen atoms in total. The van der Waals surface area contributed by atoms with Crippen molar-refractivity contribution >= 4 is 39.2 Å². The molecule has 7 heteroatoms. The van der Waals surface area contributed by atoms with Crippen LogP contribution in [0.15, 0.2) is 41.2 Å². The van der Waals surface area contributed by atoms with Crippen molar-refractivity contribution in [2.24, 2.45) is 0 Å². The number of nitrogens with zero attached hydrogens (tertiary/aromatic N) is 2. The van der Waals surface area contributed by atoms with Gasteiger partial charge >= 0.3 is 0 Å². The Morgan fingerprint density at radius 1 is 1.11 bits per heavy atom. The summed E-state index contributed by atoms with van der Waals surface area (Å²) in [6, 6.07) is 11.5. The van der Waals surface area contributed by atoms with Crippen LogP contribution in [0.3, 0.4) is 0 Å². The third-order valence-corrected chi connectivity index (χ3v) is 4.95. The number of hydrogen-bond acceptors (Lipinski definition) is 4. The second kappa shape index (κ2) is 7.30. The van der Waals surface area contributed by atoms with E-state index in [1.54, 1.807) is 12.1 Å². The number of aryl methyl sites for hydroxylation is 1. The van der Waals surface area contributed by atoms with Gasteiger partial charge in [0.05, 0.1) is 22.2 Å². The zero-order valence-corrected chi connectivity index (χ0v) is 16.8. The molecule has 144 valence electrons. The van der Waals surface area contributed by atoms with E-state index < -0.39 is 0 Å². The van der Waals surface area contributed by atoms with Gasteiger partial charge in [0, 0.05) is 23.5 Å². The molecule has 4 rings (SSSR count). The molecule has 3 N–H and O–H groups in total. The molecule has 0 fully saturated rings. The molecule has 2 aromatic heterocycles. The maximum Gasteiger partial charge on any atom is 0.261 e. The maximum atomic E-state index is 13.0. The minimum Gasteiger partial charge on any atom is -0.382 e. The number of H-pyrrole nitrogens is 2. The number of benzene rings is 2. The van der Waals surface area contributed by atoms with Gasteiger partial charge in [0.2, 0.25) is 0 Å². The van der Waals surface area contributed by atoms with Crippen molar-refractivity contribution in [1.29, 1.82) is 0 Å². The summed E-state index contributed by atoms with van der Waals surface area (Å²) in [6.07, 6.45) is 0. The fraction of sp³-hybridized carbons (Fsp3) is 0.238. The van der Waals surface area contributed by atoms with Crippen LogP contribution < -0.4 is 10.9 Å². The minimum absolute atomic E-state index is 0.186. The van der Waals surface area contributed by atoms with Crippen molar-refractivity contribution in [3.8, 4) is 11.4 Å². The Kier molecular flexibility index (Phi) is 4.83. The van der Waals surface area contributed by atoms with E-state index in [2.05, 4.69) is 31.2 Å². The molecule has 0 amide bonds. The molecule has 0 aliphatic heterocycles. The standard InChI is InChI=1S/C21H22ClN5O/c1-12-4-6-15-14(10-12)19(23-8-9-27(2)3)18(21(28)26-15)20-24-16-7-5-13(22)11-17(16)25-20/h4-7,10-11H,8-9H2,1-3H3,(H,24,25)(H2,23,26,28). The van der Waals surface area contributed by atoms with Crippen LogP contribution in [-0.2, 0) is 0 Å². The quantitative estimate of drug-likeness (QED) is 0.477. The summed E-state index contributed by atoms with van der Waals surface area (Å²) in [5.41, 5.74) is 4.59. The summed E-state index contributed by atoms with van der Waals surface area (Å²) in [5, 5.41) is 5.04. The van der Waals surface area contributed by atoms with E-state index >= 15 is 0 Å². The van der Waals surface area contributed by atoms with Crippen LogP contribution in [0.25, 0.3) is 33.3 Å². The van der Waals surface area contributed by atoms with E-state index in [0.29, 0.717) is 23.0 Å². The largest absolute Gasteiger partial charge is 0.382 e. The highest BCUT2D eigenvalue weighted by atomic mass is 35.5. The van der Waals surface area contributed by atoms with Crippen LogP contribution in [0, 0.1) is 6.92 Å². The second-order valence-corrected chi connectivity index (χ2v) is 7.67. The number of imidazole rings is 1. The summed E-state index contributed by atoms with van der Waals surface area (Å²) in [5.74, 6) is 0.522. The molecule has 0 radical (unpaired) electrons. The first kappa shape index (κ1) is 18.5. The Bertz CT molecular complexity index is 1220. The second-order valence-electron chi connectivity index (χ2n) is 7.23. The molecule has 0 saturated heterocycles. The Morgan fingerprint density at radius 2 is 1.89 bits per heavy atom. The van der Waals surface area contributed by atoms with Gasteiger partial charge in [-0.3, -0.25) is 4.79 Å². The van der Waals surface area contributed by atoms with E-state index in [0.717, 1.165) is 39.7 Å². The Balaban J connectivity index is 1.94. The predicted molar refractivity (Wildman–Crippen MR) is 116 cm³/mol. The highest BCUT2D eigenvalue weighted by molar-refractivity contribution is 6.31. The van der Waals surface area contributed by atoms with Gasteiger partial charge in [-0.05, 0) is 51.4 Å². The van der Waals surface area contributed by atoms with E-state index in [9.17, 15) is 4.79 Å². The Morgan fingerprint density at radius 3 is 2.68 bits per heavy atom. The molecule has 0 aliphatic carbocycles. The fourth-order valence-electron chi connectivity index (χ4n) is 3.32. The Hall–Kier alpha value is -2.83. The van der Waals surface area contributed by atoms with Gasteiger partial charge in [0.15, 0.2) is 0 Å². The van der Waals surface area contributed by atoms with Gasteiger partial charge < -0.3 is 20.2 Å². The molecule has 0 unspecified atom stereocenters. The predicted octanol–water partition coefficient (Wildman–Crippen LogP) is 4.01. The van der Waals surface area contributed by atoms with Crippen molar-refractivity contribution in [2.75, 3.05) is 32.5 Å². The van der Waals surface area contributed by atoms with Crippen LogP contribution in [0.2, 0.25) is 5.02 Å².